The van der Waals surface area contributed by atoms with Crippen LogP contribution in [0.25, 0.3) is 0 Å². The molecule has 2 nitrogen and oxygen atoms in total. The van der Waals surface area contributed by atoms with Gasteiger partial charge < -0.3 is 4.74 Å². The Bertz CT molecular complexity index is 384. The highest BCUT2D eigenvalue weighted by Crippen LogP contribution is 2.10. The lowest BCUT2D eigenvalue weighted by Crippen LogP contribution is -2.06. The van der Waals surface area contributed by atoms with E-state index in [0.717, 1.165) is 6.07 Å². The van der Waals surface area contributed by atoms with Crippen LogP contribution < -0.4 is 0 Å². The maximum atomic E-state index is 12.9. The smallest absolute Gasteiger partial charge is 0.251 e. The van der Waals surface area contributed by atoms with E-state index in [2.05, 4.69) is 17.2 Å². The first kappa shape index (κ1) is 11.9. The van der Waals surface area contributed by atoms with Crippen LogP contribution >= 0.6 is 12.2 Å². The monoisotopic (exact) mass is 235 g/mol. The minimum atomic E-state index is -1.44. The van der Waals surface area contributed by atoms with Crippen LogP contribution in [0.3, 0.4) is 0 Å². The first-order valence-electron chi connectivity index (χ1n) is 4.14. The molecule has 0 aromatic carbocycles. The van der Waals surface area contributed by atoms with Crippen LogP contribution in [0.5, 0.6) is 0 Å². The fourth-order valence-electron chi connectivity index (χ4n) is 0.963. The molecular weight excluding hydrogens is 227 g/mol. The zero-order valence-corrected chi connectivity index (χ0v) is 8.71. The van der Waals surface area contributed by atoms with Gasteiger partial charge in [-0.3, -0.25) is 0 Å². The highest BCUT2D eigenvalue weighted by molar-refractivity contribution is 7.80. The van der Waals surface area contributed by atoms with Gasteiger partial charge in [-0.2, -0.15) is 13.8 Å². The molecule has 6 heteroatoms. The second-order valence-corrected chi connectivity index (χ2v) is 3.38. The topological polar surface area (TPSA) is 22.1 Å². The molecule has 0 spiro atoms. The van der Waals surface area contributed by atoms with E-state index in [1.54, 1.807) is 6.92 Å². The predicted molar refractivity (Wildman–Crippen MR) is 52.0 cm³/mol. The van der Waals surface area contributed by atoms with Gasteiger partial charge in [0.15, 0.2) is 10.9 Å². The Hall–Kier alpha value is -1.17. The molecule has 82 valence electrons. The van der Waals surface area contributed by atoms with Crippen molar-refractivity contribution in [1.82, 2.24) is 4.98 Å². The molecule has 0 saturated carbocycles. The molecule has 1 aromatic rings. The highest BCUT2D eigenvalue weighted by Gasteiger charge is 2.11. The van der Waals surface area contributed by atoms with Gasteiger partial charge in [0.2, 0.25) is 5.95 Å². The average molecular weight is 235 g/mol. The van der Waals surface area contributed by atoms with Crippen molar-refractivity contribution < 1.29 is 17.9 Å². The van der Waals surface area contributed by atoms with Crippen molar-refractivity contribution in [2.45, 2.75) is 13.3 Å². The number of pyridine rings is 1. The van der Waals surface area contributed by atoms with Crippen LogP contribution in [-0.2, 0) is 11.2 Å². The molecule has 0 bridgehead atoms. The lowest BCUT2D eigenvalue weighted by atomic mass is 10.2. The van der Waals surface area contributed by atoms with Gasteiger partial charge in [-0.15, -0.1) is 0 Å². The number of hydrogen-bond donors (Lipinski definition) is 0. The number of thiocarbonyl (C=S) groups is 1. The van der Waals surface area contributed by atoms with Crippen molar-refractivity contribution in [3.05, 3.63) is 29.3 Å². The Kier molecular flexibility index (Phi) is 4.02. The lowest BCUT2D eigenvalue weighted by molar-refractivity contribution is 0.311. The number of halogens is 3. The van der Waals surface area contributed by atoms with E-state index in [0.29, 0.717) is 5.05 Å². The van der Waals surface area contributed by atoms with Crippen molar-refractivity contribution in [2.75, 3.05) is 6.61 Å². The number of hydrogen-bond acceptors (Lipinski definition) is 3. The van der Waals surface area contributed by atoms with Crippen LogP contribution in [0.4, 0.5) is 13.2 Å². The first-order valence-corrected chi connectivity index (χ1v) is 4.55. The predicted octanol–water partition coefficient (Wildman–Crippen LogP) is 2.41. The molecule has 1 heterocycles. The van der Waals surface area contributed by atoms with Crippen molar-refractivity contribution >= 4 is 17.3 Å². The van der Waals surface area contributed by atoms with E-state index in [1.165, 1.54) is 0 Å². The zero-order valence-electron chi connectivity index (χ0n) is 7.89. The second kappa shape index (κ2) is 5.06. The largest absolute Gasteiger partial charge is 0.487 e. The summed E-state index contributed by atoms with van der Waals surface area (Å²) in [5.41, 5.74) is -0.0369. The summed E-state index contributed by atoms with van der Waals surface area (Å²) in [4.78, 5) is 2.77. The van der Waals surface area contributed by atoms with Gasteiger partial charge in [0.25, 0.3) is 5.95 Å². The van der Waals surface area contributed by atoms with Crippen LogP contribution in [0.15, 0.2) is 6.07 Å². The highest BCUT2D eigenvalue weighted by atomic mass is 32.1. The SMILES string of the molecule is CC(=S)OCCc1cc(F)c(F)nc1F. The Morgan fingerprint density at radius 1 is 1.40 bits per heavy atom. The van der Waals surface area contributed by atoms with Gasteiger partial charge in [-0.05, 0) is 18.3 Å². The second-order valence-electron chi connectivity index (χ2n) is 2.80. The summed E-state index contributed by atoms with van der Waals surface area (Å²) in [6.07, 6.45) is 0.0873. The van der Waals surface area contributed by atoms with Crippen LogP contribution in [-0.4, -0.2) is 16.6 Å². The number of aromatic nitrogens is 1. The molecule has 15 heavy (non-hydrogen) atoms. The number of rotatable bonds is 3. The van der Waals surface area contributed by atoms with E-state index in [1.807, 2.05) is 0 Å². The molecule has 0 aliphatic heterocycles. The van der Waals surface area contributed by atoms with E-state index in [9.17, 15) is 13.2 Å². The van der Waals surface area contributed by atoms with Crippen molar-refractivity contribution in [3.63, 3.8) is 0 Å². The fourth-order valence-corrected chi connectivity index (χ4v) is 1.05. The summed E-state index contributed by atoms with van der Waals surface area (Å²) >= 11 is 4.62. The van der Waals surface area contributed by atoms with Gasteiger partial charge in [0.05, 0.1) is 6.61 Å². The van der Waals surface area contributed by atoms with Gasteiger partial charge in [-0.1, -0.05) is 0 Å². The first-order chi connectivity index (χ1) is 7.00. The molecule has 0 N–H and O–H groups in total. The minimum Gasteiger partial charge on any atom is -0.487 e. The Labute approximate surface area is 90.1 Å². The molecule has 0 unspecified atom stereocenters. The molecule has 0 saturated heterocycles. The third-order valence-electron chi connectivity index (χ3n) is 1.64. The summed E-state index contributed by atoms with van der Waals surface area (Å²) in [5.74, 6) is -3.65. The fraction of sp³-hybridized carbons (Fsp3) is 0.333. The standard InChI is InChI=1S/C9H8F3NOS/c1-5(15)14-3-2-6-4-7(10)9(12)13-8(6)11/h4H,2-3H2,1H3. The van der Waals surface area contributed by atoms with Crippen molar-refractivity contribution in [2.24, 2.45) is 0 Å². The molecule has 0 radical (unpaired) electrons. The van der Waals surface area contributed by atoms with Crippen molar-refractivity contribution in [3.8, 4) is 0 Å². The summed E-state index contributed by atoms with van der Waals surface area (Å²) in [6, 6.07) is 0.764. The van der Waals surface area contributed by atoms with Crippen LogP contribution in [0.2, 0.25) is 0 Å². The number of nitrogens with zero attached hydrogens (tertiary/aromatic N) is 1. The molecule has 0 atom stereocenters. The molecule has 0 amide bonds. The maximum absolute atomic E-state index is 12.9. The van der Waals surface area contributed by atoms with Gasteiger partial charge in [-0.25, -0.2) is 4.39 Å². The van der Waals surface area contributed by atoms with Gasteiger partial charge >= 0.3 is 0 Å². The lowest BCUT2D eigenvalue weighted by Gasteiger charge is -2.04. The molecule has 1 aromatic heterocycles. The Morgan fingerprint density at radius 2 is 2.07 bits per heavy atom. The summed E-state index contributed by atoms with van der Waals surface area (Å²) in [7, 11) is 0. The van der Waals surface area contributed by atoms with E-state index in [-0.39, 0.29) is 18.6 Å². The zero-order chi connectivity index (χ0) is 11.4. The normalized spacial score (nSPS) is 10.1. The van der Waals surface area contributed by atoms with Gasteiger partial charge in [0, 0.05) is 18.9 Å². The van der Waals surface area contributed by atoms with E-state index >= 15 is 0 Å². The number of ether oxygens (including phenoxy) is 1. The summed E-state index contributed by atoms with van der Waals surface area (Å²) in [6.45, 7) is 1.67. The Morgan fingerprint density at radius 3 is 2.67 bits per heavy atom. The Balaban J connectivity index is 2.69. The summed E-state index contributed by atoms with van der Waals surface area (Å²) in [5, 5.41) is 0.311. The molecule has 0 aliphatic carbocycles. The van der Waals surface area contributed by atoms with Gasteiger partial charge in [0.1, 0.15) is 0 Å². The van der Waals surface area contributed by atoms with E-state index in [4.69, 9.17) is 4.74 Å². The molecule has 0 fully saturated rings. The minimum absolute atomic E-state index is 0.0369. The molecule has 1 rings (SSSR count). The summed E-state index contributed by atoms with van der Waals surface area (Å²) < 4.78 is 42.9. The average Bonchev–Trinajstić information content (AvgIpc) is 2.13. The van der Waals surface area contributed by atoms with Crippen LogP contribution in [0, 0.1) is 17.7 Å². The third-order valence-corrected chi connectivity index (χ3v) is 1.75. The third kappa shape index (κ3) is 3.47. The maximum Gasteiger partial charge on any atom is 0.251 e. The van der Waals surface area contributed by atoms with Crippen molar-refractivity contribution in [1.29, 1.82) is 0 Å². The quantitative estimate of drug-likeness (QED) is 0.593. The van der Waals surface area contributed by atoms with E-state index < -0.39 is 17.7 Å². The molecular formula is C9H8F3NOS. The molecule has 0 aliphatic rings. The van der Waals surface area contributed by atoms with Crippen LogP contribution in [0.1, 0.15) is 12.5 Å².